The van der Waals surface area contributed by atoms with Gasteiger partial charge in [-0.2, -0.15) is 0 Å². The Labute approximate surface area is 90.5 Å². The lowest BCUT2D eigenvalue weighted by Crippen LogP contribution is -2.39. The van der Waals surface area contributed by atoms with E-state index in [0.717, 1.165) is 0 Å². The van der Waals surface area contributed by atoms with Crippen molar-refractivity contribution in [2.75, 3.05) is 0 Å². The fraction of sp³-hybridized carbons (Fsp3) is 0.833. The monoisotopic (exact) mass is 209 g/mol. The van der Waals surface area contributed by atoms with Gasteiger partial charge in [-0.15, -0.1) is 0 Å². The lowest BCUT2D eigenvalue weighted by molar-refractivity contribution is -0.122. The summed E-state index contributed by atoms with van der Waals surface area (Å²) in [5, 5.41) is 11.7. The molecule has 0 saturated heterocycles. The number of nitrogens with zero attached hydrogens (tertiary/aromatic N) is 1. The summed E-state index contributed by atoms with van der Waals surface area (Å²) in [5.74, 6) is 1.33. The number of fused-ring (bicyclic) bond motifs is 2. The van der Waals surface area contributed by atoms with Crippen molar-refractivity contribution in [2.24, 2.45) is 28.3 Å². The third-order valence-electron chi connectivity index (χ3n) is 4.59. The van der Waals surface area contributed by atoms with E-state index in [1.807, 2.05) is 0 Å². The van der Waals surface area contributed by atoms with Gasteiger partial charge in [0.1, 0.15) is 5.71 Å². The van der Waals surface area contributed by atoms with Crippen LogP contribution in [0.4, 0.5) is 0 Å². The smallest absolute Gasteiger partial charge is 0.183 e. The van der Waals surface area contributed by atoms with Crippen LogP contribution in [-0.4, -0.2) is 16.7 Å². The van der Waals surface area contributed by atoms with Crippen molar-refractivity contribution in [2.45, 2.75) is 40.0 Å². The Bertz CT molecular complexity index is 320. The fourth-order valence-electron chi connectivity index (χ4n) is 3.68. The minimum Gasteiger partial charge on any atom is -0.411 e. The van der Waals surface area contributed by atoms with Crippen LogP contribution in [0.25, 0.3) is 0 Å². The molecular weight excluding hydrogens is 190 g/mol. The Morgan fingerprint density at radius 3 is 2.53 bits per heavy atom. The van der Waals surface area contributed by atoms with Crippen molar-refractivity contribution < 1.29 is 10.0 Å². The van der Waals surface area contributed by atoms with Gasteiger partial charge in [0.25, 0.3) is 0 Å². The normalized spacial score (nSPS) is 38.3. The molecule has 0 aromatic carbocycles. The van der Waals surface area contributed by atoms with Crippen LogP contribution in [0, 0.1) is 23.2 Å². The van der Waals surface area contributed by atoms with Crippen LogP contribution in [0.5, 0.6) is 0 Å². The van der Waals surface area contributed by atoms with E-state index in [4.69, 9.17) is 5.21 Å². The molecular formula is C12H19NO2. The van der Waals surface area contributed by atoms with Crippen LogP contribution in [0.1, 0.15) is 40.0 Å². The Kier molecular flexibility index (Phi) is 2.36. The van der Waals surface area contributed by atoms with Crippen LogP contribution in [0.2, 0.25) is 0 Å². The van der Waals surface area contributed by atoms with Gasteiger partial charge in [-0.1, -0.05) is 19.0 Å². The van der Waals surface area contributed by atoms with Crippen molar-refractivity contribution in [1.82, 2.24) is 0 Å². The Morgan fingerprint density at radius 2 is 2.07 bits per heavy atom. The standard InChI is InChI=1S/C12H19NO2/c1-7(13-15)11(14)10-8-4-5-9(6-8)12(10,2)3/h8-10,15H,4-6H2,1-3H3/b13-7-/t8?,9?,10-/m1/s1. The Balaban J connectivity index is 2.26. The highest BCUT2D eigenvalue weighted by atomic mass is 16.4. The molecule has 3 atom stereocenters. The van der Waals surface area contributed by atoms with Gasteiger partial charge in [-0.3, -0.25) is 4.79 Å². The number of Topliss-reactive ketones (excluding diaryl/α,β-unsaturated/α-hetero) is 1. The van der Waals surface area contributed by atoms with Crippen molar-refractivity contribution in [3.8, 4) is 0 Å². The summed E-state index contributed by atoms with van der Waals surface area (Å²) in [4.78, 5) is 12.1. The average molecular weight is 209 g/mol. The molecule has 2 unspecified atom stereocenters. The lowest BCUT2D eigenvalue weighted by atomic mass is 9.66. The van der Waals surface area contributed by atoms with Gasteiger partial charge < -0.3 is 5.21 Å². The number of carbonyl (C=O) groups excluding carboxylic acids is 1. The molecule has 0 aromatic heterocycles. The Hall–Kier alpha value is -0.860. The summed E-state index contributed by atoms with van der Waals surface area (Å²) in [6, 6.07) is 0. The summed E-state index contributed by atoms with van der Waals surface area (Å²) in [6.07, 6.45) is 3.61. The van der Waals surface area contributed by atoms with Crippen LogP contribution < -0.4 is 0 Å². The maximum Gasteiger partial charge on any atom is 0.183 e. The zero-order valence-corrected chi connectivity index (χ0v) is 9.66. The first-order valence-electron chi connectivity index (χ1n) is 5.71. The molecule has 0 amide bonds. The highest BCUT2D eigenvalue weighted by molar-refractivity contribution is 6.39. The van der Waals surface area contributed by atoms with Crippen molar-refractivity contribution in [3.05, 3.63) is 0 Å². The summed E-state index contributed by atoms with van der Waals surface area (Å²) in [7, 11) is 0. The molecule has 2 saturated carbocycles. The number of ketones is 1. The van der Waals surface area contributed by atoms with Gasteiger partial charge in [0.15, 0.2) is 5.78 Å². The molecule has 0 aromatic rings. The van der Waals surface area contributed by atoms with Crippen LogP contribution in [0.3, 0.4) is 0 Å². The number of hydrogen-bond donors (Lipinski definition) is 1. The van der Waals surface area contributed by atoms with Crippen molar-refractivity contribution in [1.29, 1.82) is 0 Å². The summed E-state index contributed by atoms with van der Waals surface area (Å²) in [5.41, 5.74) is 0.354. The molecule has 2 rings (SSSR count). The van der Waals surface area contributed by atoms with Gasteiger partial charge >= 0.3 is 0 Å². The van der Waals surface area contributed by atoms with Gasteiger partial charge in [0.2, 0.25) is 0 Å². The maximum atomic E-state index is 12.1. The van der Waals surface area contributed by atoms with Crippen LogP contribution >= 0.6 is 0 Å². The first-order valence-corrected chi connectivity index (χ1v) is 5.71. The highest BCUT2D eigenvalue weighted by Crippen LogP contribution is 2.59. The first kappa shape index (κ1) is 10.7. The number of carbonyl (C=O) groups is 1. The van der Waals surface area contributed by atoms with Gasteiger partial charge in [0.05, 0.1) is 0 Å². The van der Waals surface area contributed by atoms with E-state index in [2.05, 4.69) is 19.0 Å². The molecule has 2 bridgehead atoms. The maximum absolute atomic E-state index is 12.1. The highest BCUT2D eigenvalue weighted by Gasteiger charge is 2.55. The largest absolute Gasteiger partial charge is 0.411 e. The van der Waals surface area contributed by atoms with Gasteiger partial charge in [-0.25, -0.2) is 0 Å². The quantitative estimate of drug-likeness (QED) is 0.431. The molecule has 3 nitrogen and oxygen atoms in total. The molecule has 15 heavy (non-hydrogen) atoms. The topological polar surface area (TPSA) is 49.7 Å². The molecule has 0 aliphatic heterocycles. The molecule has 0 spiro atoms. The van der Waals surface area contributed by atoms with Crippen molar-refractivity contribution in [3.63, 3.8) is 0 Å². The van der Waals surface area contributed by atoms with E-state index in [1.165, 1.54) is 19.3 Å². The van der Waals surface area contributed by atoms with E-state index >= 15 is 0 Å². The van der Waals surface area contributed by atoms with Gasteiger partial charge in [0, 0.05) is 5.92 Å². The molecule has 2 aliphatic rings. The van der Waals surface area contributed by atoms with Crippen LogP contribution in [-0.2, 0) is 4.79 Å². The SMILES string of the molecule is C/C(=N/O)C(=O)[C@H]1C2CCC(C2)C1(C)C. The van der Waals surface area contributed by atoms with Crippen LogP contribution in [0.15, 0.2) is 5.16 Å². The first-order chi connectivity index (χ1) is 6.98. The van der Waals surface area contributed by atoms with E-state index in [1.54, 1.807) is 6.92 Å². The Morgan fingerprint density at radius 1 is 1.40 bits per heavy atom. The molecule has 2 aliphatic carbocycles. The van der Waals surface area contributed by atoms with E-state index in [-0.39, 0.29) is 22.8 Å². The van der Waals surface area contributed by atoms with E-state index in [0.29, 0.717) is 11.8 Å². The lowest BCUT2D eigenvalue weighted by Gasteiger charge is -2.37. The molecule has 1 N–H and O–H groups in total. The molecule has 3 heteroatoms. The summed E-state index contributed by atoms with van der Waals surface area (Å²) < 4.78 is 0. The van der Waals surface area contributed by atoms with Gasteiger partial charge in [-0.05, 0) is 43.4 Å². The van der Waals surface area contributed by atoms with E-state index < -0.39 is 0 Å². The number of hydrogen-bond acceptors (Lipinski definition) is 3. The van der Waals surface area contributed by atoms with Crippen molar-refractivity contribution >= 4 is 11.5 Å². The number of oxime groups is 1. The zero-order valence-electron chi connectivity index (χ0n) is 9.66. The third kappa shape index (κ3) is 1.40. The predicted octanol–water partition coefficient (Wildman–Crippen LogP) is 2.48. The second-order valence-electron chi connectivity index (χ2n) is 5.62. The third-order valence-corrected chi connectivity index (χ3v) is 4.59. The summed E-state index contributed by atoms with van der Waals surface area (Å²) >= 11 is 0. The fourth-order valence-corrected chi connectivity index (χ4v) is 3.68. The zero-order chi connectivity index (χ0) is 11.2. The molecule has 0 heterocycles. The second kappa shape index (κ2) is 3.32. The van der Waals surface area contributed by atoms with E-state index in [9.17, 15) is 4.79 Å². The second-order valence-corrected chi connectivity index (χ2v) is 5.62. The number of rotatable bonds is 2. The minimum atomic E-state index is 0.0506. The predicted molar refractivity (Wildman–Crippen MR) is 58.0 cm³/mol. The molecule has 0 radical (unpaired) electrons. The summed E-state index contributed by atoms with van der Waals surface area (Å²) in [6.45, 7) is 5.97. The average Bonchev–Trinajstić information content (AvgIpc) is 2.73. The molecule has 84 valence electrons. The minimum absolute atomic E-state index is 0.0506. The molecule has 2 fully saturated rings.